The molecule has 0 aromatic rings. The standard InChI is InChI=1S/15O.3Ru.2Sm/q;;;;;;;;;6*-1;;;;2*+3. The van der Waals surface area contributed by atoms with Crippen LogP contribution in [0.2, 0.25) is 0 Å². The van der Waals surface area contributed by atoms with Crippen molar-refractivity contribution in [1.29, 1.82) is 0 Å². The minimum absolute atomic E-state index is 0. The molecule has 0 fully saturated rings. The molecule has 0 aromatic heterocycles. The van der Waals surface area contributed by atoms with E-state index >= 15 is 0 Å². The molecule has 0 aliphatic carbocycles. The molecular formula is O15Ru3Sm2. The molecule has 0 aliphatic rings. The van der Waals surface area contributed by atoms with Crippen molar-refractivity contribution in [3.8, 4) is 0 Å². The summed E-state index contributed by atoms with van der Waals surface area (Å²) in [5, 5.41) is 0. The molecule has 0 amide bonds. The molecular weight excluding hydrogens is 844 g/mol. The molecule has 0 bridgehead atoms. The van der Waals surface area contributed by atoms with Crippen LogP contribution in [-0.2, 0) is 74.7 Å². The Bertz CT molecular complexity index is 689. The van der Waals surface area contributed by atoms with E-state index in [1.54, 1.807) is 0 Å². The molecule has 0 saturated carbocycles. The van der Waals surface area contributed by atoms with Crippen LogP contribution in [0.15, 0.2) is 0 Å². The summed E-state index contributed by atoms with van der Waals surface area (Å²) >= 11 is -23.2. The van der Waals surface area contributed by atoms with Gasteiger partial charge in [0.2, 0.25) is 0 Å². The van der Waals surface area contributed by atoms with Gasteiger partial charge in [0.1, 0.15) is 0 Å². The van der Waals surface area contributed by atoms with Crippen molar-refractivity contribution in [3.05, 3.63) is 0 Å². The van der Waals surface area contributed by atoms with Crippen molar-refractivity contribution in [2.24, 2.45) is 0 Å². The Labute approximate surface area is 175 Å². The molecule has 0 saturated heterocycles. The van der Waals surface area contributed by atoms with Gasteiger partial charge in [-0.15, -0.1) is 0 Å². The summed E-state index contributed by atoms with van der Waals surface area (Å²) in [6, 6.07) is 0. The van der Waals surface area contributed by atoms with Gasteiger partial charge in [-0.2, -0.15) is 0 Å². The van der Waals surface area contributed by atoms with Crippen LogP contribution < -0.4 is 23.6 Å². The fourth-order valence-electron chi connectivity index (χ4n) is 0. The number of hydrogen-bond donors (Lipinski definition) is 0. The van der Waals surface area contributed by atoms with Gasteiger partial charge in [-0.1, -0.05) is 0 Å². The first kappa shape index (κ1) is 34.0. The van der Waals surface area contributed by atoms with Crippen molar-refractivity contribution in [3.63, 3.8) is 0 Å². The van der Waals surface area contributed by atoms with E-state index in [0.29, 0.717) is 0 Å². The van der Waals surface area contributed by atoms with Gasteiger partial charge in [0.05, 0.1) is 0 Å². The maximum atomic E-state index is 8.64. The van der Waals surface area contributed by atoms with Gasteiger partial charge in [0.25, 0.3) is 0 Å². The third kappa shape index (κ3) is 1240. The van der Waals surface area contributed by atoms with Gasteiger partial charge in [0, 0.05) is 0 Å². The molecule has 20 heteroatoms. The van der Waals surface area contributed by atoms with Gasteiger partial charge >= 0.3 is 179 Å². The van der Waals surface area contributed by atoms with Crippen LogP contribution >= 0.6 is 0 Å². The molecule has 0 aromatic carbocycles. The first-order valence-electron chi connectivity index (χ1n) is 2.17. The second-order valence-corrected chi connectivity index (χ2v) is 10.5. The first-order valence-corrected chi connectivity index (χ1v) is 12.8. The van der Waals surface area contributed by atoms with Crippen molar-refractivity contribution in [2.75, 3.05) is 0 Å². The van der Waals surface area contributed by atoms with E-state index < -0.39 is 42.5 Å². The quantitative estimate of drug-likeness (QED) is 0.205. The predicted molar refractivity (Wildman–Crippen MR) is 6.18 cm³/mol. The molecule has 0 atom stereocenters. The summed E-state index contributed by atoms with van der Waals surface area (Å²) < 4.78 is 130. The molecule has 0 rings (SSSR count). The Morgan fingerprint density at radius 1 is 0.350 bits per heavy atom. The van der Waals surface area contributed by atoms with Crippen LogP contribution in [-0.4, -0.2) is 0 Å². The monoisotopic (exact) mass is 849 g/mol. The van der Waals surface area contributed by atoms with Crippen molar-refractivity contribution >= 4 is 0 Å². The minimum atomic E-state index is -7.72. The average molecular weight is 844 g/mol. The molecule has 0 N–H and O–H groups in total. The largest absolute Gasteiger partial charge is 3.00 e. The summed E-state index contributed by atoms with van der Waals surface area (Å²) in [5.41, 5.74) is 0. The van der Waals surface area contributed by atoms with E-state index in [4.69, 9.17) is 55.8 Å². The van der Waals surface area contributed by atoms with Crippen molar-refractivity contribution < 1.29 is 179 Å². The van der Waals surface area contributed by atoms with Gasteiger partial charge < -0.3 is 0 Å². The van der Waals surface area contributed by atoms with Crippen molar-refractivity contribution in [2.45, 2.75) is 0 Å². The Kier molecular flexibility index (Phi) is 14.5. The topological polar surface area (TPSA) is 292 Å². The Morgan fingerprint density at radius 2 is 0.350 bits per heavy atom. The van der Waals surface area contributed by atoms with Crippen LogP contribution in [0.4, 0.5) is 0 Å². The summed E-state index contributed by atoms with van der Waals surface area (Å²) in [7, 11) is 0. The zero-order valence-corrected chi connectivity index (χ0v) is 18.5. The molecule has 20 heavy (non-hydrogen) atoms. The fraction of sp³-hybridized carbons (Fsp3) is 0. The summed E-state index contributed by atoms with van der Waals surface area (Å²) in [5.74, 6) is 0. The third-order valence-electron chi connectivity index (χ3n) is 0. The molecule has 0 unspecified atom stereocenters. The van der Waals surface area contributed by atoms with E-state index in [1.165, 1.54) is 0 Å². The minimum Gasteiger partial charge on any atom is 3.00 e. The van der Waals surface area contributed by atoms with Crippen LogP contribution in [0.5, 0.6) is 0 Å². The molecule has 126 valence electrons. The second-order valence-electron chi connectivity index (χ2n) is 1.77. The zero-order chi connectivity index (χ0) is 16.3. The summed E-state index contributed by atoms with van der Waals surface area (Å²) in [6.07, 6.45) is 0. The van der Waals surface area contributed by atoms with Gasteiger partial charge in [-0.25, -0.2) is 0 Å². The maximum Gasteiger partial charge on any atom is 3.00 e. The summed E-state index contributed by atoms with van der Waals surface area (Å²) in [6.45, 7) is 0. The molecule has 2 radical (unpaired) electrons. The zero-order valence-electron chi connectivity index (χ0n) is 8.00. The van der Waals surface area contributed by atoms with Crippen molar-refractivity contribution in [1.82, 2.24) is 0 Å². The average Bonchev–Trinajstić information content (AvgIpc) is 1.29. The second kappa shape index (κ2) is 8.56. The maximum absolute atomic E-state index is 8.64. The predicted octanol–water partition coefficient (Wildman–Crippen LogP) is -8.21. The van der Waals surface area contributed by atoms with Crippen LogP contribution in [0.25, 0.3) is 0 Å². The Balaban J connectivity index is -0.0000000536. The first-order chi connectivity index (χ1) is 6.71. The molecule has 0 spiro atoms. The van der Waals surface area contributed by atoms with Gasteiger partial charge in [-0.3, -0.25) is 0 Å². The SMILES string of the molecule is [O]=[Ru](=[O])(=[O])([O-])[O-].[O]=[Ru](=[O])(=[O])([O-])[O-].[O]=[Ru](=[O])(=[O])([O-])[O-].[Sm+3].[Sm+3]. The van der Waals surface area contributed by atoms with Gasteiger partial charge in [-0.05, 0) is 0 Å². The number of rotatable bonds is 0. The smallest absolute Gasteiger partial charge is 3.00 e. The number of hydrogen-bond acceptors (Lipinski definition) is 15. The Morgan fingerprint density at radius 3 is 0.350 bits per heavy atom. The van der Waals surface area contributed by atoms with E-state index in [1.807, 2.05) is 0 Å². The molecule has 0 heterocycles. The normalized spacial score (nSPS) is 16.8. The van der Waals surface area contributed by atoms with E-state index in [0.717, 1.165) is 0 Å². The van der Waals surface area contributed by atoms with Crippen LogP contribution in [0.3, 0.4) is 0 Å². The van der Waals surface area contributed by atoms with E-state index in [2.05, 4.69) is 0 Å². The third-order valence-corrected chi connectivity index (χ3v) is 0. The van der Waals surface area contributed by atoms with E-state index in [9.17, 15) is 0 Å². The Hall–Kier alpha value is 2.51. The van der Waals surface area contributed by atoms with Gasteiger partial charge in [0.15, 0.2) is 0 Å². The molecule has 0 aliphatic heterocycles. The summed E-state index contributed by atoms with van der Waals surface area (Å²) in [4.78, 5) is 0. The molecule has 15 nitrogen and oxygen atoms in total. The van der Waals surface area contributed by atoms with Crippen LogP contribution in [0, 0.1) is 80.8 Å². The van der Waals surface area contributed by atoms with E-state index in [-0.39, 0.29) is 80.8 Å². The fourth-order valence-corrected chi connectivity index (χ4v) is 0. The van der Waals surface area contributed by atoms with Crippen LogP contribution in [0.1, 0.15) is 0 Å².